The van der Waals surface area contributed by atoms with E-state index in [1.54, 1.807) is 0 Å². The summed E-state index contributed by atoms with van der Waals surface area (Å²) < 4.78 is 0. The molecule has 4 N–H and O–H groups in total. The third kappa shape index (κ3) is 2.99. The van der Waals surface area contributed by atoms with Crippen molar-refractivity contribution >= 4 is 17.8 Å². The molecule has 6 heteroatoms. The number of hydrogen-bond acceptors (Lipinski definition) is 3. The second-order valence-electron chi connectivity index (χ2n) is 1.57. The Balaban J connectivity index is 4.75. The number of carboxylic acids is 2. The number of carboxylic acid groups (broad SMARTS) is 2. The van der Waals surface area contributed by atoms with Gasteiger partial charge in [0.25, 0.3) is 5.91 Å². The summed E-state index contributed by atoms with van der Waals surface area (Å²) in [6.45, 7) is 0. The van der Waals surface area contributed by atoms with E-state index in [2.05, 4.69) is 5.73 Å². The highest BCUT2D eigenvalue weighted by atomic mass is 16.4. The lowest BCUT2D eigenvalue weighted by Gasteiger charge is -1.91. The zero-order chi connectivity index (χ0) is 9.02. The largest absolute Gasteiger partial charge is 0.478 e. The minimum atomic E-state index is -1.65. The van der Waals surface area contributed by atoms with Crippen molar-refractivity contribution in [2.24, 2.45) is 5.73 Å². The molecular formula is C5H5NO5. The summed E-state index contributed by atoms with van der Waals surface area (Å²) in [4.78, 5) is 30.1. The van der Waals surface area contributed by atoms with Gasteiger partial charge in [0.1, 0.15) is 5.57 Å². The van der Waals surface area contributed by atoms with Gasteiger partial charge in [0, 0.05) is 6.08 Å². The first kappa shape index (κ1) is 9.15. The highest BCUT2D eigenvalue weighted by Gasteiger charge is 2.14. The minimum Gasteiger partial charge on any atom is -0.478 e. The normalized spacial score (nSPS) is 10.7. The number of primary amides is 1. The molecule has 0 rings (SSSR count). The van der Waals surface area contributed by atoms with Crippen LogP contribution in [-0.4, -0.2) is 28.1 Å². The molecule has 0 aromatic heterocycles. The van der Waals surface area contributed by atoms with Crippen LogP contribution in [0.1, 0.15) is 0 Å². The molecule has 0 fully saturated rings. The predicted octanol–water partition coefficient (Wildman–Crippen LogP) is -1.43. The van der Waals surface area contributed by atoms with Crippen LogP contribution in [0.2, 0.25) is 0 Å². The Kier molecular flexibility index (Phi) is 2.79. The van der Waals surface area contributed by atoms with E-state index in [1.807, 2.05) is 0 Å². The van der Waals surface area contributed by atoms with Crippen molar-refractivity contribution in [2.75, 3.05) is 0 Å². The monoisotopic (exact) mass is 159 g/mol. The zero-order valence-corrected chi connectivity index (χ0v) is 5.27. The topological polar surface area (TPSA) is 118 Å². The van der Waals surface area contributed by atoms with Gasteiger partial charge in [-0.15, -0.1) is 0 Å². The predicted molar refractivity (Wildman–Crippen MR) is 32.5 cm³/mol. The zero-order valence-electron chi connectivity index (χ0n) is 5.27. The number of rotatable bonds is 3. The summed E-state index contributed by atoms with van der Waals surface area (Å²) in [7, 11) is 0. The SMILES string of the molecule is NC(=O)C(=CC(=O)O)C(=O)O. The Hall–Kier alpha value is -1.85. The molecule has 0 unspecified atom stereocenters. The summed E-state index contributed by atoms with van der Waals surface area (Å²) in [6, 6.07) is 0. The van der Waals surface area contributed by atoms with Crippen molar-refractivity contribution in [3.05, 3.63) is 11.6 Å². The van der Waals surface area contributed by atoms with Crippen LogP contribution in [0.15, 0.2) is 11.6 Å². The molecule has 0 aromatic carbocycles. The standard InChI is InChI=1S/C5H5NO5/c6-4(9)2(5(10)11)1-3(7)8/h1H,(H2,6,9)(H,7,8)(H,10,11). The second kappa shape index (κ2) is 3.35. The van der Waals surface area contributed by atoms with Gasteiger partial charge in [-0.25, -0.2) is 9.59 Å². The van der Waals surface area contributed by atoms with Crippen LogP contribution in [0.3, 0.4) is 0 Å². The van der Waals surface area contributed by atoms with E-state index in [4.69, 9.17) is 10.2 Å². The summed E-state index contributed by atoms with van der Waals surface area (Å²) in [5.41, 5.74) is 3.59. The van der Waals surface area contributed by atoms with Crippen LogP contribution < -0.4 is 5.73 Å². The molecule has 0 heterocycles. The maximum atomic E-state index is 10.2. The van der Waals surface area contributed by atoms with Gasteiger partial charge in [0.15, 0.2) is 0 Å². The molecule has 11 heavy (non-hydrogen) atoms. The Bertz CT molecular complexity index is 225. The molecule has 0 atom stereocenters. The second-order valence-corrected chi connectivity index (χ2v) is 1.57. The quantitative estimate of drug-likeness (QED) is 0.265. The number of aliphatic carboxylic acids is 2. The highest BCUT2D eigenvalue weighted by molar-refractivity contribution is 6.17. The van der Waals surface area contributed by atoms with Crippen molar-refractivity contribution < 1.29 is 24.6 Å². The van der Waals surface area contributed by atoms with Gasteiger partial charge in [-0.05, 0) is 0 Å². The lowest BCUT2D eigenvalue weighted by molar-refractivity contribution is -0.136. The average molecular weight is 159 g/mol. The molecule has 0 aliphatic heterocycles. The summed E-state index contributed by atoms with van der Waals surface area (Å²) >= 11 is 0. The van der Waals surface area contributed by atoms with Gasteiger partial charge in [0.05, 0.1) is 0 Å². The van der Waals surface area contributed by atoms with E-state index < -0.39 is 23.4 Å². The molecular weight excluding hydrogens is 154 g/mol. The lowest BCUT2D eigenvalue weighted by atomic mass is 10.2. The molecule has 0 saturated heterocycles. The van der Waals surface area contributed by atoms with E-state index in [0.29, 0.717) is 0 Å². The van der Waals surface area contributed by atoms with E-state index in [1.165, 1.54) is 0 Å². The van der Waals surface area contributed by atoms with Crippen molar-refractivity contribution in [3.63, 3.8) is 0 Å². The van der Waals surface area contributed by atoms with Gasteiger partial charge in [-0.3, -0.25) is 4.79 Å². The van der Waals surface area contributed by atoms with Crippen LogP contribution in [0, 0.1) is 0 Å². The summed E-state index contributed by atoms with van der Waals surface area (Å²) in [5.74, 6) is -4.46. The fourth-order valence-corrected chi connectivity index (χ4v) is 0.362. The van der Waals surface area contributed by atoms with E-state index in [0.717, 1.165) is 0 Å². The van der Waals surface area contributed by atoms with Gasteiger partial charge in [-0.1, -0.05) is 0 Å². The minimum absolute atomic E-state index is 0.241. The first-order chi connectivity index (χ1) is 4.95. The van der Waals surface area contributed by atoms with E-state index >= 15 is 0 Å². The Morgan fingerprint density at radius 2 is 1.64 bits per heavy atom. The molecule has 0 spiro atoms. The number of amides is 1. The van der Waals surface area contributed by atoms with Gasteiger partial charge >= 0.3 is 11.9 Å². The summed E-state index contributed by atoms with van der Waals surface area (Å²) in [6.07, 6.45) is 0.241. The fraction of sp³-hybridized carbons (Fsp3) is 0. The number of carbonyl (C=O) groups is 3. The van der Waals surface area contributed by atoms with E-state index in [9.17, 15) is 14.4 Å². The van der Waals surface area contributed by atoms with Crippen molar-refractivity contribution in [1.82, 2.24) is 0 Å². The molecule has 0 radical (unpaired) electrons. The summed E-state index contributed by atoms with van der Waals surface area (Å²) in [5, 5.41) is 16.2. The van der Waals surface area contributed by atoms with Gasteiger partial charge < -0.3 is 15.9 Å². The van der Waals surface area contributed by atoms with Crippen molar-refractivity contribution in [3.8, 4) is 0 Å². The Labute approximate surface area is 60.9 Å². The fourth-order valence-electron chi connectivity index (χ4n) is 0.362. The molecule has 1 amide bonds. The first-order valence-corrected chi connectivity index (χ1v) is 2.43. The molecule has 60 valence electrons. The number of nitrogens with two attached hydrogens (primary N) is 1. The number of hydrogen-bond donors (Lipinski definition) is 3. The highest BCUT2D eigenvalue weighted by Crippen LogP contribution is 1.91. The average Bonchev–Trinajstić information content (AvgIpc) is 1.81. The van der Waals surface area contributed by atoms with Gasteiger partial charge in [0.2, 0.25) is 0 Å². The van der Waals surface area contributed by atoms with Crippen LogP contribution in [0.4, 0.5) is 0 Å². The van der Waals surface area contributed by atoms with Crippen LogP contribution in [0.5, 0.6) is 0 Å². The van der Waals surface area contributed by atoms with Crippen molar-refractivity contribution in [2.45, 2.75) is 0 Å². The number of carbonyl (C=O) groups excluding carboxylic acids is 1. The maximum Gasteiger partial charge on any atom is 0.341 e. The molecule has 0 aliphatic rings. The lowest BCUT2D eigenvalue weighted by Crippen LogP contribution is -2.21. The van der Waals surface area contributed by atoms with Crippen LogP contribution in [0.25, 0.3) is 0 Å². The van der Waals surface area contributed by atoms with Gasteiger partial charge in [-0.2, -0.15) is 0 Å². The molecule has 6 nitrogen and oxygen atoms in total. The first-order valence-electron chi connectivity index (χ1n) is 2.43. The Morgan fingerprint density at radius 1 is 1.18 bits per heavy atom. The smallest absolute Gasteiger partial charge is 0.341 e. The maximum absolute atomic E-state index is 10.2. The molecule has 0 bridgehead atoms. The third-order valence-corrected chi connectivity index (χ3v) is 0.764. The molecule has 0 saturated carbocycles. The molecule has 0 aliphatic carbocycles. The third-order valence-electron chi connectivity index (χ3n) is 0.764. The Morgan fingerprint density at radius 3 is 1.73 bits per heavy atom. The van der Waals surface area contributed by atoms with Crippen LogP contribution in [-0.2, 0) is 14.4 Å². The van der Waals surface area contributed by atoms with Crippen LogP contribution >= 0.6 is 0 Å². The molecule has 0 aromatic rings. The van der Waals surface area contributed by atoms with Crippen molar-refractivity contribution in [1.29, 1.82) is 0 Å². The van der Waals surface area contributed by atoms with E-state index in [-0.39, 0.29) is 6.08 Å².